The van der Waals surface area contributed by atoms with Gasteiger partial charge in [-0.1, -0.05) is 18.2 Å². The maximum absolute atomic E-state index is 13.3. The van der Waals surface area contributed by atoms with Crippen LogP contribution in [0.1, 0.15) is 23.6 Å². The number of phenolic OH excluding ortho intramolecular Hbond substituents is 1. The fraction of sp³-hybridized carbons (Fsp3) is 0.294. The standard InChI is InChI=1S/C17H20FNO/c1-4-19(16-7-5-6-15(18)10-16)11-14-8-12(2)17(20)13(3)9-14/h5-10,20H,4,11H2,1-3H3. The molecule has 2 aromatic carbocycles. The van der Waals surface area contributed by atoms with Crippen molar-refractivity contribution in [3.8, 4) is 5.75 Å². The number of anilines is 1. The molecule has 0 heterocycles. The largest absolute Gasteiger partial charge is 0.507 e. The maximum atomic E-state index is 13.3. The van der Waals surface area contributed by atoms with Gasteiger partial charge in [0.1, 0.15) is 11.6 Å². The van der Waals surface area contributed by atoms with Crippen LogP contribution in [0.15, 0.2) is 36.4 Å². The van der Waals surface area contributed by atoms with Gasteiger partial charge in [0.25, 0.3) is 0 Å². The van der Waals surface area contributed by atoms with Crippen molar-refractivity contribution < 1.29 is 9.50 Å². The Morgan fingerprint density at radius 1 is 1.10 bits per heavy atom. The van der Waals surface area contributed by atoms with Gasteiger partial charge in [-0.3, -0.25) is 0 Å². The maximum Gasteiger partial charge on any atom is 0.125 e. The molecule has 0 atom stereocenters. The molecule has 0 radical (unpaired) electrons. The number of hydrogen-bond donors (Lipinski definition) is 1. The molecule has 0 aliphatic rings. The Morgan fingerprint density at radius 3 is 2.30 bits per heavy atom. The summed E-state index contributed by atoms with van der Waals surface area (Å²) >= 11 is 0. The number of rotatable bonds is 4. The number of hydrogen-bond acceptors (Lipinski definition) is 2. The number of aryl methyl sites for hydroxylation is 2. The van der Waals surface area contributed by atoms with E-state index in [-0.39, 0.29) is 5.82 Å². The van der Waals surface area contributed by atoms with Crippen LogP contribution in [0.2, 0.25) is 0 Å². The second-order valence-corrected chi connectivity index (χ2v) is 5.07. The average molecular weight is 273 g/mol. The Labute approximate surface area is 119 Å². The molecule has 0 saturated heterocycles. The summed E-state index contributed by atoms with van der Waals surface area (Å²) in [5.41, 5.74) is 3.73. The first-order chi connectivity index (χ1) is 9.51. The van der Waals surface area contributed by atoms with Gasteiger partial charge in [-0.2, -0.15) is 0 Å². The molecule has 20 heavy (non-hydrogen) atoms. The molecule has 2 aromatic rings. The van der Waals surface area contributed by atoms with E-state index in [9.17, 15) is 9.50 Å². The molecule has 0 amide bonds. The molecule has 0 saturated carbocycles. The molecule has 2 nitrogen and oxygen atoms in total. The van der Waals surface area contributed by atoms with Crippen molar-refractivity contribution in [2.24, 2.45) is 0 Å². The molecule has 0 spiro atoms. The summed E-state index contributed by atoms with van der Waals surface area (Å²) in [4.78, 5) is 2.11. The zero-order chi connectivity index (χ0) is 14.7. The predicted molar refractivity (Wildman–Crippen MR) is 80.7 cm³/mol. The van der Waals surface area contributed by atoms with Crippen LogP contribution in [0.25, 0.3) is 0 Å². The molecule has 0 bridgehead atoms. The molecule has 1 N–H and O–H groups in total. The highest BCUT2D eigenvalue weighted by atomic mass is 19.1. The summed E-state index contributed by atoms with van der Waals surface area (Å²) < 4.78 is 13.3. The zero-order valence-corrected chi connectivity index (χ0v) is 12.2. The number of aromatic hydroxyl groups is 1. The lowest BCUT2D eigenvalue weighted by atomic mass is 10.1. The quantitative estimate of drug-likeness (QED) is 0.903. The van der Waals surface area contributed by atoms with Gasteiger partial charge in [0.15, 0.2) is 0 Å². The van der Waals surface area contributed by atoms with Gasteiger partial charge in [-0.15, -0.1) is 0 Å². The first kappa shape index (κ1) is 14.4. The van der Waals surface area contributed by atoms with Crippen LogP contribution in [0.3, 0.4) is 0 Å². The Bertz CT molecular complexity index is 587. The van der Waals surface area contributed by atoms with Crippen LogP contribution < -0.4 is 4.90 Å². The van der Waals surface area contributed by atoms with Gasteiger partial charge in [-0.25, -0.2) is 4.39 Å². The van der Waals surface area contributed by atoms with E-state index < -0.39 is 0 Å². The van der Waals surface area contributed by atoms with E-state index in [1.165, 1.54) is 6.07 Å². The third-order valence-corrected chi connectivity index (χ3v) is 3.48. The lowest BCUT2D eigenvalue weighted by Gasteiger charge is -2.24. The SMILES string of the molecule is CCN(Cc1cc(C)c(O)c(C)c1)c1cccc(F)c1. The van der Waals surface area contributed by atoms with Crippen LogP contribution >= 0.6 is 0 Å². The van der Waals surface area contributed by atoms with Crippen LogP contribution in [0.5, 0.6) is 5.75 Å². The topological polar surface area (TPSA) is 23.5 Å². The van der Waals surface area contributed by atoms with E-state index in [1.807, 2.05) is 39.0 Å². The molecule has 3 heteroatoms. The van der Waals surface area contributed by atoms with Gasteiger partial charge < -0.3 is 10.0 Å². The third-order valence-electron chi connectivity index (χ3n) is 3.48. The lowest BCUT2D eigenvalue weighted by Crippen LogP contribution is -2.22. The second-order valence-electron chi connectivity index (χ2n) is 5.07. The van der Waals surface area contributed by atoms with Gasteiger partial charge in [0.2, 0.25) is 0 Å². The average Bonchev–Trinajstić information content (AvgIpc) is 2.42. The van der Waals surface area contributed by atoms with Crippen LogP contribution in [0.4, 0.5) is 10.1 Å². The molecule has 0 aliphatic heterocycles. The van der Waals surface area contributed by atoms with Crippen LogP contribution in [-0.4, -0.2) is 11.7 Å². The third kappa shape index (κ3) is 3.10. The number of nitrogens with zero attached hydrogens (tertiary/aromatic N) is 1. The van der Waals surface area contributed by atoms with Crippen molar-refractivity contribution in [2.75, 3.05) is 11.4 Å². The van der Waals surface area contributed by atoms with Crippen molar-refractivity contribution in [3.05, 3.63) is 58.9 Å². The van der Waals surface area contributed by atoms with Gasteiger partial charge in [-0.05, 0) is 55.7 Å². The lowest BCUT2D eigenvalue weighted by molar-refractivity contribution is 0.466. The zero-order valence-electron chi connectivity index (χ0n) is 12.2. The van der Waals surface area contributed by atoms with Gasteiger partial charge in [0.05, 0.1) is 0 Å². The van der Waals surface area contributed by atoms with Crippen LogP contribution in [-0.2, 0) is 6.54 Å². The normalized spacial score (nSPS) is 10.6. The molecule has 0 aromatic heterocycles. The summed E-state index contributed by atoms with van der Waals surface area (Å²) in [5, 5.41) is 9.81. The fourth-order valence-electron chi connectivity index (χ4n) is 2.42. The van der Waals surface area contributed by atoms with Crippen molar-refractivity contribution >= 4 is 5.69 Å². The first-order valence-electron chi connectivity index (χ1n) is 6.81. The highest BCUT2D eigenvalue weighted by Crippen LogP contribution is 2.25. The predicted octanol–water partition coefficient (Wildman–Crippen LogP) is 4.17. The Morgan fingerprint density at radius 2 is 1.75 bits per heavy atom. The Kier molecular flexibility index (Phi) is 4.28. The number of phenols is 1. The first-order valence-corrected chi connectivity index (χ1v) is 6.81. The van der Waals surface area contributed by atoms with E-state index in [0.29, 0.717) is 12.3 Å². The van der Waals surface area contributed by atoms with E-state index in [1.54, 1.807) is 12.1 Å². The van der Waals surface area contributed by atoms with Crippen LogP contribution in [0, 0.1) is 19.7 Å². The van der Waals surface area contributed by atoms with E-state index in [4.69, 9.17) is 0 Å². The molecule has 106 valence electrons. The molecule has 0 unspecified atom stereocenters. The number of halogens is 1. The second kappa shape index (κ2) is 5.95. The minimum Gasteiger partial charge on any atom is -0.507 e. The summed E-state index contributed by atoms with van der Waals surface area (Å²) in [7, 11) is 0. The van der Waals surface area contributed by atoms with E-state index >= 15 is 0 Å². The minimum atomic E-state index is -0.223. The molecule has 2 rings (SSSR count). The summed E-state index contributed by atoms with van der Waals surface area (Å²) in [5.74, 6) is 0.126. The highest BCUT2D eigenvalue weighted by Gasteiger charge is 2.09. The smallest absolute Gasteiger partial charge is 0.125 e. The van der Waals surface area contributed by atoms with Crippen molar-refractivity contribution in [3.63, 3.8) is 0 Å². The van der Waals surface area contributed by atoms with Gasteiger partial charge >= 0.3 is 0 Å². The fourth-order valence-corrected chi connectivity index (χ4v) is 2.42. The van der Waals surface area contributed by atoms with Crippen molar-refractivity contribution in [2.45, 2.75) is 27.3 Å². The Hall–Kier alpha value is -2.03. The van der Waals surface area contributed by atoms with Crippen molar-refractivity contribution in [1.82, 2.24) is 0 Å². The Balaban J connectivity index is 2.27. The summed E-state index contributed by atoms with van der Waals surface area (Å²) in [6.07, 6.45) is 0. The highest BCUT2D eigenvalue weighted by molar-refractivity contribution is 5.48. The van der Waals surface area contributed by atoms with E-state index in [2.05, 4.69) is 4.90 Å². The van der Waals surface area contributed by atoms with Crippen molar-refractivity contribution in [1.29, 1.82) is 0 Å². The molecule has 0 fully saturated rings. The summed E-state index contributed by atoms with van der Waals surface area (Å²) in [6, 6.07) is 10.6. The molecule has 0 aliphatic carbocycles. The summed E-state index contributed by atoms with van der Waals surface area (Å²) in [6.45, 7) is 7.32. The molecular formula is C17H20FNO. The number of benzene rings is 2. The monoisotopic (exact) mass is 273 g/mol. The van der Waals surface area contributed by atoms with E-state index in [0.717, 1.165) is 28.9 Å². The van der Waals surface area contributed by atoms with Gasteiger partial charge in [0, 0.05) is 18.8 Å². The molecular weight excluding hydrogens is 253 g/mol. The minimum absolute atomic E-state index is 0.223.